The zero-order chi connectivity index (χ0) is 13.7. The van der Waals surface area contributed by atoms with Crippen LogP contribution in [0.3, 0.4) is 0 Å². The molecule has 0 saturated heterocycles. The van der Waals surface area contributed by atoms with Crippen LogP contribution in [-0.2, 0) is 4.79 Å². The van der Waals surface area contributed by atoms with Crippen LogP contribution < -0.4 is 0 Å². The van der Waals surface area contributed by atoms with E-state index in [-0.39, 0.29) is 11.9 Å². The molecule has 18 heavy (non-hydrogen) atoms. The van der Waals surface area contributed by atoms with Gasteiger partial charge in [-0.1, -0.05) is 13.8 Å². The Balaban J connectivity index is 2.59. The molecule has 0 radical (unpaired) electrons. The fourth-order valence-corrected chi connectivity index (χ4v) is 2.76. The maximum atomic E-state index is 12.3. The minimum atomic E-state index is -0.0292. The fourth-order valence-electron chi connectivity index (χ4n) is 2.07. The van der Waals surface area contributed by atoms with Gasteiger partial charge in [-0.05, 0) is 20.5 Å². The largest absolute Gasteiger partial charge is 0.344 e. The van der Waals surface area contributed by atoms with Crippen LogP contribution in [-0.4, -0.2) is 54.4 Å². The second-order valence-electron chi connectivity index (χ2n) is 4.88. The van der Waals surface area contributed by atoms with Gasteiger partial charge in [0.25, 0.3) is 0 Å². The van der Waals surface area contributed by atoms with E-state index in [1.165, 1.54) is 0 Å². The summed E-state index contributed by atoms with van der Waals surface area (Å²) < 4.78 is 0. The van der Waals surface area contributed by atoms with Crippen LogP contribution in [0.5, 0.6) is 0 Å². The van der Waals surface area contributed by atoms with Crippen LogP contribution in [0.1, 0.15) is 31.2 Å². The van der Waals surface area contributed by atoms with Gasteiger partial charge in [0.1, 0.15) is 0 Å². The van der Waals surface area contributed by atoms with Crippen LogP contribution in [0.15, 0.2) is 11.6 Å². The first-order valence-corrected chi connectivity index (χ1v) is 7.16. The van der Waals surface area contributed by atoms with Crippen molar-refractivity contribution in [1.82, 2.24) is 14.8 Å². The molecule has 0 N–H and O–H groups in total. The number of likely N-dealkylation sites (N-methyl/N-ethyl adjacent to an activating group) is 2. The zero-order valence-electron chi connectivity index (χ0n) is 11.9. The van der Waals surface area contributed by atoms with Crippen molar-refractivity contribution in [2.45, 2.75) is 32.2 Å². The quantitative estimate of drug-likeness (QED) is 0.793. The standard InChI is InChI=1S/C13H23N3OS/c1-6-11(15(3)4)13(17)16(5)9-10(2)12-14-7-8-18-12/h7-8,10-11H,6,9H2,1-5H3/t10-,11-/m1/s1. The highest BCUT2D eigenvalue weighted by molar-refractivity contribution is 7.09. The lowest BCUT2D eigenvalue weighted by molar-refractivity contribution is -0.135. The Morgan fingerprint density at radius 2 is 2.11 bits per heavy atom. The molecular weight excluding hydrogens is 246 g/mol. The number of amides is 1. The molecule has 2 atom stereocenters. The third-order valence-electron chi connectivity index (χ3n) is 3.09. The average Bonchev–Trinajstić information content (AvgIpc) is 2.82. The molecule has 102 valence electrons. The van der Waals surface area contributed by atoms with Gasteiger partial charge in [-0.2, -0.15) is 0 Å². The van der Waals surface area contributed by atoms with E-state index in [2.05, 4.69) is 11.9 Å². The average molecular weight is 269 g/mol. The highest BCUT2D eigenvalue weighted by atomic mass is 32.1. The van der Waals surface area contributed by atoms with E-state index in [4.69, 9.17) is 0 Å². The van der Waals surface area contributed by atoms with E-state index in [0.717, 1.165) is 18.0 Å². The summed E-state index contributed by atoms with van der Waals surface area (Å²) in [5.41, 5.74) is 0. The third kappa shape index (κ3) is 3.78. The summed E-state index contributed by atoms with van der Waals surface area (Å²) in [6.07, 6.45) is 2.65. The molecule has 1 aromatic heterocycles. The highest BCUT2D eigenvalue weighted by Gasteiger charge is 2.23. The monoisotopic (exact) mass is 269 g/mol. The SMILES string of the molecule is CC[C@H](C(=O)N(C)C[C@@H](C)c1nccs1)N(C)C. The lowest BCUT2D eigenvalue weighted by Gasteiger charge is -2.28. The Labute approximate surface area is 114 Å². The highest BCUT2D eigenvalue weighted by Crippen LogP contribution is 2.19. The van der Waals surface area contributed by atoms with Gasteiger partial charge in [0.2, 0.25) is 5.91 Å². The van der Waals surface area contributed by atoms with Crippen molar-refractivity contribution in [1.29, 1.82) is 0 Å². The number of aromatic nitrogens is 1. The Bertz CT molecular complexity index is 364. The molecular formula is C13H23N3OS. The number of hydrogen-bond donors (Lipinski definition) is 0. The van der Waals surface area contributed by atoms with Gasteiger partial charge in [-0.15, -0.1) is 11.3 Å². The van der Waals surface area contributed by atoms with Crippen molar-refractivity contribution < 1.29 is 4.79 Å². The molecule has 0 unspecified atom stereocenters. The molecule has 4 nitrogen and oxygen atoms in total. The second-order valence-corrected chi connectivity index (χ2v) is 5.80. The second kappa shape index (κ2) is 6.85. The lowest BCUT2D eigenvalue weighted by atomic mass is 10.1. The van der Waals surface area contributed by atoms with Gasteiger partial charge >= 0.3 is 0 Å². The molecule has 0 aliphatic carbocycles. The van der Waals surface area contributed by atoms with Gasteiger partial charge < -0.3 is 4.90 Å². The molecule has 0 aromatic carbocycles. The van der Waals surface area contributed by atoms with E-state index in [0.29, 0.717) is 5.92 Å². The maximum Gasteiger partial charge on any atom is 0.239 e. The smallest absolute Gasteiger partial charge is 0.239 e. The van der Waals surface area contributed by atoms with Crippen molar-refractivity contribution in [3.63, 3.8) is 0 Å². The summed E-state index contributed by atoms with van der Waals surface area (Å²) in [6.45, 7) is 4.87. The topological polar surface area (TPSA) is 36.4 Å². The summed E-state index contributed by atoms with van der Waals surface area (Å²) in [7, 11) is 5.77. The summed E-state index contributed by atoms with van der Waals surface area (Å²) >= 11 is 1.65. The zero-order valence-corrected chi connectivity index (χ0v) is 12.7. The van der Waals surface area contributed by atoms with Crippen molar-refractivity contribution in [3.05, 3.63) is 16.6 Å². The summed E-state index contributed by atoms with van der Waals surface area (Å²) in [5, 5.41) is 3.06. The predicted molar refractivity (Wildman–Crippen MR) is 75.9 cm³/mol. The molecule has 0 aliphatic rings. The molecule has 0 bridgehead atoms. The first-order valence-electron chi connectivity index (χ1n) is 6.28. The number of nitrogens with zero attached hydrogens (tertiary/aromatic N) is 3. The molecule has 1 rings (SSSR count). The fraction of sp³-hybridized carbons (Fsp3) is 0.692. The molecule has 0 aliphatic heterocycles. The van der Waals surface area contributed by atoms with E-state index >= 15 is 0 Å². The van der Waals surface area contributed by atoms with E-state index in [1.54, 1.807) is 11.3 Å². The Morgan fingerprint density at radius 3 is 2.56 bits per heavy atom. The number of hydrogen-bond acceptors (Lipinski definition) is 4. The van der Waals surface area contributed by atoms with Crippen molar-refractivity contribution in [3.8, 4) is 0 Å². The molecule has 1 amide bonds. The number of rotatable bonds is 6. The number of thiazole rings is 1. The van der Waals surface area contributed by atoms with Gasteiger partial charge in [-0.3, -0.25) is 9.69 Å². The molecule has 0 spiro atoms. The molecule has 0 fully saturated rings. The minimum Gasteiger partial charge on any atom is -0.344 e. The predicted octanol–water partition coefficient (Wildman–Crippen LogP) is 2.05. The summed E-state index contributed by atoms with van der Waals surface area (Å²) in [4.78, 5) is 20.4. The summed E-state index contributed by atoms with van der Waals surface area (Å²) in [6, 6.07) is -0.0292. The summed E-state index contributed by atoms with van der Waals surface area (Å²) in [5.74, 6) is 0.476. The van der Waals surface area contributed by atoms with Gasteiger partial charge in [0.05, 0.1) is 11.0 Å². The Hall–Kier alpha value is -0.940. The molecule has 1 aromatic rings. The van der Waals surface area contributed by atoms with Gasteiger partial charge in [0, 0.05) is 31.1 Å². The van der Waals surface area contributed by atoms with Crippen LogP contribution >= 0.6 is 11.3 Å². The Morgan fingerprint density at radius 1 is 1.44 bits per heavy atom. The first-order chi connectivity index (χ1) is 8.47. The first kappa shape index (κ1) is 15.1. The number of carbonyl (C=O) groups is 1. The minimum absolute atomic E-state index is 0.0292. The van der Waals surface area contributed by atoms with Gasteiger partial charge in [-0.25, -0.2) is 4.98 Å². The van der Waals surface area contributed by atoms with E-state index in [1.807, 2.05) is 49.4 Å². The molecule has 5 heteroatoms. The normalized spacial score (nSPS) is 14.6. The lowest BCUT2D eigenvalue weighted by Crippen LogP contribution is -2.45. The maximum absolute atomic E-state index is 12.3. The van der Waals surface area contributed by atoms with Gasteiger partial charge in [0.15, 0.2) is 0 Å². The van der Waals surface area contributed by atoms with Crippen LogP contribution in [0, 0.1) is 0 Å². The van der Waals surface area contributed by atoms with Crippen molar-refractivity contribution in [2.75, 3.05) is 27.7 Å². The number of carbonyl (C=O) groups excluding carboxylic acids is 1. The third-order valence-corrected chi connectivity index (χ3v) is 4.10. The molecule has 1 heterocycles. The van der Waals surface area contributed by atoms with Crippen LogP contribution in [0.4, 0.5) is 0 Å². The van der Waals surface area contributed by atoms with Crippen molar-refractivity contribution in [2.24, 2.45) is 0 Å². The van der Waals surface area contributed by atoms with E-state index in [9.17, 15) is 4.79 Å². The van der Waals surface area contributed by atoms with E-state index < -0.39 is 0 Å². The van der Waals surface area contributed by atoms with Crippen molar-refractivity contribution >= 4 is 17.2 Å². The Kier molecular flexibility index (Phi) is 5.75. The molecule has 0 saturated carbocycles. The van der Waals surface area contributed by atoms with Crippen LogP contribution in [0.25, 0.3) is 0 Å². The van der Waals surface area contributed by atoms with Crippen LogP contribution in [0.2, 0.25) is 0 Å².